The molecule has 14 heavy (non-hydrogen) atoms. The summed E-state index contributed by atoms with van der Waals surface area (Å²) in [6.45, 7) is 0. The molecule has 0 aromatic heterocycles. The van der Waals surface area contributed by atoms with E-state index in [4.69, 9.17) is 0 Å². The van der Waals surface area contributed by atoms with Gasteiger partial charge in [-0.1, -0.05) is 30.0 Å². The molecule has 1 nitrogen and oxygen atoms in total. The van der Waals surface area contributed by atoms with E-state index in [0.29, 0.717) is 22.9 Å². The number of hydrogen-bond donors (Lipinski definition) is 0. The molecule has 0 bridgehead atoms. The summed E-state index contributed by atoms with van der Waals surface area (Å²) in [6.07, 6.45) is 3.64. The first kappa shape index (κ1) is 10.9. The number of aldehydes is 1. The highest BCUT2D eigenvalue weighted by Gasteiger charge is 2.03. The summed E-state index contributed by atoms with van der Waals surface area (Å²) >= 11 is 0.504. The van der Waals surface area contributed by atoms with Gasteiger partial charge >= 0.3 is 0 Å². The lowest BCUT2D eigenvalue weighted by Crippen LogP contribution is -1.81. The van der Waals surface area contributed by atoms with E-state index in [2.05, 4.69) is 0 Å². The Hall–Kier alpha value is -1.16. The summed E-state index contributed by atoms with van der Waals surface area (Å²) in [6, 6.07) is 6.57. The zero-order chi connectivity index (χ0) is 10.4. The fourth-order valence-electron chi connectivity index (χ4n) is 0.911. The third kappa shape index (κ3) is 3.70. The molecule has 74 valence electrons. The molecule has 0 aliphatic carbocycles. The Morgan fingerprint density at radius 3 is 2.36 bits per heavy atom. The minimum absolute atomic E-state index is 0.504. The van der Waals surface area contributed by atoms with Crippen molar-refractivity contribution >= 4 is 24.1 Å². The van der Waals surface area contributed by atoms with Gasteiger partial charge in [0.25, 0.3) is 5.76 Å². The second-order valence-corrected chi connectivity index (χ2v) is 3.51. The van der Waals surface area contributed by atoms with Crippen molar-refractivity contribution in [3.63, 3.8) is 0 Å². The van der Waals surface area contributed by atoms with Gasteiger partial charge in [-0.15, -0.1) is 0 Å². The van der Waals surface area contributed by atoms with E-state index < -0.39 is 5.76 Å². The first-order chi connectivity index (χ1) is 6.72. The molecule has 0 saturated carbocycles. The molecule has 1 aromatic rings. The lowest BCUT2D eigenvalue weighted by atomic mass is 10.2. The van der Waals surface area contributed by atoms with E-state index in [-0.39, 0.29) is 0 Å². The number of hydrogen-bond acceptors (Lipinski definition) is 2. The van der Waals surface area contributed by atoms with E-state index >= 15 is 0 Å². The molecule has 0 unspecified atom stereocenters. The lowest BCUT2D eigenvalue weighted by Gasteiger charge is -1.99. The smallest absolute Gasteiger partial charge is 0.288 e. The Kier molecular flexibility index (Phi) is 4.32. The van der Waals surface area contributed by atoms with Gasteiger partial charge in [0.1, 0.15) is 6.29 Å². The average molecular weight is 214 g/mol. The van der Waals surface area contributed by atoms with Gasteiger partial charge in [-0.25, -0.2) is 0 Å². The van der Waals surface area contributed by atoms with Crippen molar-refractivity contribution in [1.82, 2.24) is 0 Å². The van der Waals surface area contributed by atoms with Gasteiger partial charge in [0.05, 0.1) is 0 Å². The van der Waals surface area contributed by atoms with Crippen molar-refractivity contribution in [3.8, 4) is 0 Å². The second-order valence-electron chi connectivity index (χ2n) is 2.44. The number of carbonyl (C=O) groups is 1. The molecule has 0 spiro atoms. The Morgan fingerprint density at radius 2 is 1.86 bits per heavy atom. The molecule has 0 saturated heterocycles. The van der Waals surface area contributed by atoms with Crippen LogP contribution >= 0.6 is 11.8 Å². The van der Waals surface area contributed by atoms with E-state index in [1.807, 2.05) is 0 Å². The largest absolute Gasteiger partial charge is 0.299 e. The van der Waals surface area contributed by atoms with Crippen LogP contribution in [0.3, 0.4) is 0 Å². The summed E-state index contributed by atoms with van der Waals surface area (Å²) < 4.78 is 23.9. The number of alkyl halides is 2. The van der Waals surface area contributed by atoms with Gasteiger partial charge in [-0.05, 0) is 23.8 Å². The number of halogens is 2. The molecule has 1 rings (SSSR count). The molecule has 0 aliphatic heterocycles. The van der Waals surface area contributed by atoms with Gasteiger partial charge in [-0.3, -0.25) is 4.79 Å². The van der Waals surface area contributed by atoms with Crippen molar-refractivity contribution in [2.45, 2.75) is 10.7 Å². The van der Waals surface area contributed by atoms with E-state index in [1.165, 1.54) is 6.08 Å². The van der Waals surface area contributed by atoms with E-state index in [1.54, 1.807) is 30.3 Å². The summed E-state index contributed by atoms with van der Waals surface area (Å²) in [5.41, 5.74) is 0.815. The fourth-order valence-corrected chi connectivity index (χ4v) is 1.41. The van der Waals surface area contributed by atoms with Crippen molar-refractivity contribution in [3.05, 3.63) is 35.9 Å². The fraction of sp³-hybridized carbons (Fsp3) is 0.100. The highest BCUT2D eigenvalue weighted by molar-refractivity contribution is 7.99. The van der Waals surface area contributed by atoms with Crippen LogP contribution in [-0.4, -0.2) is 12.0 Å². The van der Waals surface area contributed by atoms with Crippen LogP contribution in [-0.2, 0) is 4.79 Å². The maximum Gasteiger partial charge on any atom is 0.288 e. The number of carbonyl (C=O) groups excluding carboxylic acids is 1. The molecule has 0 aliphatic rings. The Balaban J connectivity index is 2.68. The summed E-state index contributed by atoms with van der Waals surface area (Å²) in [7, 11) is 0. The third-order valence-electron chi connectivity index (χ3n) is 1.47. The van der Waals surface area contributed by atoms with E-state index in [9.17, 15) is 13.6 Å². The molecule has 0 atom stereocenters. The molecule has 0 amide bonds. The molecule has 0 heterocycles. The van der Waals surface area contributed by atoms with Gasteiger partial charge in [-0.2, -0.15) is 8.78 Å². The monoisotopic (exact) mass is 214 g/mol. The molecule has 0 radical (unpaired) electrons. The predicted octanol–water partition coefficient (Wildman–Crippen LogP) is 3.21. The molecule has 0 N–H and O–H groups in total. The summed E-state index contributed by atoms with van der Waals surface area (Å²) in [4.78, 5) is 10.5. The Bertz CT molecular complexity index is 319. The Labute approximate surface area is 84.8 Å². The minimum Gasteiger partial charge on any atom is -0.299 e. The minimum atomic E-state index is -2.40. The molecule has 0 fully saturated rings. The highest BCUT2D eigenvalue weighted by Crippen LogP contribution is 2.25. The molecule has 1 aromatic carbocycles. The van der Waals surface area contributed by atoms with Gasteiger partial charge in [0, 0.05) is 4.90 Å². The third-order valence-corrected chi connectivity index (χ3v) is 2.20. The first-order valence-corrected chi connectivity index (χ1v) is 4.77. The van der Waals surface area contributed by atoms with Gasteiger partial charge in [0.2, 0.25) is 0 Å². The Morgan fingerprint density at radius 1 is 1.21 bits per heavy atom. The van der Waals surface area contributed by atoms with Crippen LogP contribution in [0.15, 0.2) is 35.2 Å². The van der Waals surface area contributed by atoms with Crippen molar-refractivity contribution < 1.29 is 13.6 Å². The van der Waals surface area contributed by atoms with E-state index in [0.717, 1.165) is 5.56 Å². The van der Waals surface area contributed by atoms with Crippen LogP contribution in [0.5, 0.6) is 0 Å². The standard InChI is InChI=1S/C10H8F2OS/c11-10(12)14-9-5-3-8(4-6-9)2-1-7-13/h1-7,10H/b2-1+. The van der Waals surface area contributed by atoms with Crippen LogP contribution in [0.25, 0.3) is 6.08 Å². The number of thioether (sulfide) groups is 1. The normalized spacial score (nSPS) is 11.1. The van der Waals surface area contributed by atoms with Crippen molar-refractivity contribution in [2.24, 2.45) is 0 Å². The number of allylic oxidation sites excluding steroid dienone is 1. The average Bonchev–Trinajstić information content (AvgIpc) is 2.16. The van der Waals surface area contributed by atoms with Crippen LogP contribution in [0, 0.1) is 0 Å². The predicted molar refractivity (Wildman–Crippen MR) is 53.4 cm³/mol. The highest BCUT2D eigenvalue weighted by atomic mass is 32.2. The molecule has 4 heteroatoms. The van der Waals surface area contributed by atoms with Crippen LogP contribution < -0.4 is 0 Å². The van der Waals surface area contributed by atoms with Crippen LogP contribution in [0.2, 0.25) is 0 Å². The van der Waals surface area contributed by atoms with Crippen LogP contribution in [0.1, 0.15) is 5.56 Å². The second kappa shape index (κ2) is 5.54. The lowest BCUT2D eigenvalue weighted by molar-refractivity contribution is -0.104. The maximum absolute atomic E-state index is 11.9. The van der Waals surface area contributed by atoms with Crippen molar-refractivity contribution in [1.29, 1.82) is 0 Å². The zero-order valence-electron chi connectivity index (χ0n) is 7.19. The zero-order valence-corrected chi connectivity index (χ0v) is 8.01. The molecular formula is C10H8F2OS. The van der Waals surface area contributed by atoms with Crippen LogP contribution in [0.4, 0.5) is 8.78 Å². The van der Waals surface area contributed by atoms with Gasteiger partial charge in [0.15, 0.2) is 0 Å². The maximum atomic E-state index is 11.9. The quantitative estimate of drug-likeness (QED) is 0.435. The molecular weight excluding hydrogens is 206 g/mol. The topological polar surface area (TPSA) is 17.1 Å². The van der Waals surface area contributed by atoms with Crippen molar-refractivity contribution in [2.75, 3.05) is 0 Å². The number of rotatable bonds is 4. The first-order valence-electron chi connectivity index (χ1n) is 3.89. The summed E-state index contributed by atoms with van der Waals surface area (Å²) in [5.74, 6) is -2.40. The number of benzene rings is 1. The summed E-state index contributed by atoms with van der Waals surface area (Å²) in [5, 5.41) is 0. The SMILES string of the molecule is O=C/C=C/c1ccc(SC(F)F)cc1. The van der Waals surface area contributed by atoms with Gasteiger partial charge < -0.3 is 0 Å².